The molecule has 0 unspecified atom stereocenters. The minimum atomic E-state index is -0.505. The monoisotopic (exact) mass is 250 g/mol. The Hall–Kier alpha value is -2.37. The number of hydrogen-bond acceptors (Lipinski definition) is 5. The molecule has 1 aromatic carbocycles. The third-order valence-corrected chi connectivity index (χ3v) is 2.29. The van der Waals surface area contributed by atoms with Gasteiger partial charge >= 0.3 is 5.97 Å². The molecular weight excluding hydrogens is 236 g/mol. The third-order valence-electron chi connectivity index (χ3n) is 2.29. The molecule has 0 saturated carbocycles. The van der Waals surface area contributed by atoms with E-state index in [4.69, 9.17) is 0 Å². The second-order valence-corrected chi connectivity index (χ2v) is 3.76. The van der Waals surface area contributed by atoms with Crippen molar-refractivity contribution in [2.75, 3.05) is 26.1 Å². The van der Waals surface area contributed by atoms with Crippen LogP contribution in [-0.4, -0.2) is 32.1 Å². The van der Waals surface area contributed by atoms with Crippen LogP contribution in [0.5, 0.6) is 0 Å². The molecule has 0 heterocycles. The quantitative estimate of drug-likeness (QED) is 0.353. The first-order valence-corrected chi connectivity index (χ1v) is 5.17. The second kappa shape index (κ2) is 5.81. The first-order chi connectivity index (χ1) is 8.45. The van der Waals surface area contributed by atoms with Crippen LogP contribution in [0, 0.1) is 10.1 Å². The van der Waals surface area contributed by atoms with Crippen molar-refractivity contribution in [1.29, 1.82) is 0 Å². The van der Waals surface area contributed by atoms with Crippen LogP contribution in [0.15, 0.2) is 24.3 Å². The molecule has 1 aromatic rings. The van der Waals surface area contributed by atoms with E-state index in [1.54, 1.807) is 31.1 Å². The highest BCUT2D eigenvalue weighted by molar-refractivity contribution is 5.87. The zero-order chi connectivity index (χ0) is 13.7. The summed E-state index contributed by atoms with van der Waals surface area (Å²) in [6.07, 6.45) is 2.69. The Morgan fingerprint density at radius 2 is 2.11 bits per heavy atom. The fourth-order valence-electron chi connectivity index (χ4n) is 1.40. The highest BCUT2D eigenvalue weighted by Gasteiger charge is 2.15. The van der Waals surface area contributed by atoms with E-state index in [0.717, 1.165) is 0 Å². The van der Waals surface area contributed by atoms with Crippen molar-refractivity contribution in [2.24, 2.45) is 0 Å². The molecule has 0 aliphatic heterocycles. The van der Waals surface area contributed by atoms with Gasteiger partial charge in [0.2, 0.25) is 0 Å². The molecule has 0 N–H and O–H groups in total. The molecule has 0 fully saturated rings. The fourth-order valence-corrected chi connectivity index (χ4v) is 1.40. The Morgan fingerprint density at radius 3 is 2.61 bits per heavy atom. The van der Waals surface area contributed by atoms with Gasteiger partial charge in [-0.1, -0.05) is 6.07 Å². The number of anilines is 1. The molecule has 0 radical (unpaired) electrons. The summed E-state index contributed by atoms with van der Waals surface area (Å²) in [5.74, 6) is -0.505. The Bertz CT molecular complexity index is 495. The molecule has 96 valence electrons. The highest BCUT2D eigenvalue weighted by Crippen LogP contribution is 2.28. The van der Waals surface area contributed by atoms with E-state index in [1.807, 2.05) is 0 Å². The maximum Gasteiger partial charge on any atom is 0.330 e. The van der Waals surface area contributed by atoms with Gasteiger partial charge in [-0.05, 0) is 17.7 Å². The van der Waals surface area contributed by atoms with Crippen molar-refractivity contribution in [3.8, 4) is 0 Å². The van der Waals surface area contributed by atoms with Gasteiger partial charge in [0.05, 0.1) is 12.0 Å². The normalized spacial score (nSPS) is 10.4. The number of methoxy groups -OCH3 is 1. The van der Waals surface area contributed by atoms with Crippen LogP contribution in [0.25, 0.3) is 6.08 Å². The Kier molecular flexibility index (Phi) is 4.42. The van der Waals surface area contributed by atoms with Crippen LogP contribution in [-0.2, 0) is 9.53 Å². The molecule has 0 aromatic heterocycles. The molecule has 1 rings (SSSR count). The van der Waals surface area contributed by atoms with Gasteiger partial charge < -0.3 is 9.64 Å². The largest absolute Gasteiger partial charge is 0.466 e. The minimum Gasteiger partial charge on any atom is -0.466 e. The predicted octanol–water partition coefficient (Wildman–Crippen LogP) is 1.85. The van der Waals surface area contributed by atoms with Gasteiger partial charge in [-0.3, -0.25) is 10.1 Å². The average molecular weight is 250 g/mol. The first kappa shape index (κ1) is 13.7. The van der Waals surface area contributed by atoms with Gasteiger partial charge in [0.15, 0.2) is 0 Å². The first-order valence-electron chi connectivity index (χ1n) is 5.17. The highest BCUT2D eigenvalue weighted by atomic mass is 16.6. The summed E-state index contributed by atoms with van der Waals surface area (Å²) in [6, 6.07) is 4.74. The van der Waals surface area contributed by atoms with Crippen molar-refractivity contribution in [1.82, 2.24) is 0 Å². The molecule has 6 heteroatoms. The Balaban J connectivity index is 3.11. The summed E-state index contributed by atoms with van der Waals surface area (Å²) in [6.45, 7) is 0. The number of nitro benzene ring substituents is 1. The molecule has 18 heavy (non-hydrogen) atoms. The number of benzene rings is 1. The number of hydrogen-bond donors (Lipinski definition) is 0. The molecule has 0 aliphatic rings. The number of carbonyl (C=O) groups is 1. The minimum absolute atomic E-state index is 0.00739. The van der Waals surface area contributed by atoms with Gasteiger partial charge in [-0.2, -0.15) is 0 Å². The lowest BCUT2D eigenvalue weighted by atomic mass is 10.1. The van der Waals surface area contributed by atoms with E-state index in [0.29, 0.717) is 11.3 Å². The van der Waals surface area contributed by atoms with Gasteiger partial charge in [-0.25, -0.2) is 4.79 Å². The summed E-state index contributed by atoms with van der Waals surface area (Å²) in [4.78, 5) is 23.1. The van der Waals surface area contributed by atoms with Crippen LogP contribution in [0.3, 0.4) is 0 Å². The molecular formula is C12H14N2O4. The van der Waals surface area contributed by atoms with Crippen LogP contribution in [0.4, 0.5) is 11.4 Å². The lowest BCUT2D eigenvalue weighted by molar-refractivity contribution is -0.384. The molecule has 0 amide bonds. The molecule has 6 nitrogen and oxygen atoms in total. The topological polar surface area (TPSA) is 72.7 Å². The van der Waals surface area contributed by atoms with Gasteiger partial charge in [-0.15, -0.1) is 0 Å². The molecule has 0 bridgehead atoms. The van der Waals surface area contributed by atoms with Gasteiger partial charge in [0, 0.05) is 26.2 Å². The van der Waals surface area contributed by atoms with E-state index in [2.05, 4.69) is 4.74 Å². The zero-order valence-electron chi connectivity index (χ0n) is 10.4. The second-order valence-electron chi connectivity index (χ2n) is 3.76. The molecule has 0 atom stereocenters. The van der Waals surface area contributed by atoms with E-state index >= 15 is 0 Å². The number of rotatable bonds is 4. The van der Waals surface area contributed by atoms with Crippen LogP contribution in [0.2, 0.25) is 0 Å². The summed E-state index contributed by atoms with van der Waals surface area (Å²) < 4.78 is 4.44. The lowest BCUT2D eigenvalue weighted by Gasteiger charge is -2.12. The van der Waals surface area contributed by atoms with Crippen LogP contribution < -0.4 is 4.90 Å². The van der Waals surface area contributed by atoms with Crippen LogP contribution >= 0.6 is 0 Å². The number of ether oxygens (including phenoxy) is 1. The number of carbonyl (C=O) groups excluding carboxylic acids is 1. The third kappa shape index (κ3) is 3.31. The number of esters is 1. The van der Waals surface area contributed by atoms with Crippen molar-refractivity contribution >= 4 is 23.4 Å². The number of nitrogens with zero attached hydrogens (tertiary/aromatic N) is 2. The van der Waals surface area contributed by atoms with E-state index in [-0.39, 0.29) is 5.69 Å². The Labute approximate surface area is 105 Å². The van der Waals surface area contributed by atoms with Crippen molar-refractivity contribution in [3.63, 3.8) is 0 Å². The van der Waals surface area contributed by atoms with Gasteiger partial charge in [0.25, 0.3) is 5.69 Å². The fraction of sp³-hybridized carbons (Fsp3) is 0.250. The van der Waals surface area contributed by atoms with Crippen LogP contribution in [0.1, 0.15) is 5.56 Å². The lowest BCUT2D eigenvalue weighted by Crippen LogP contribution is -2.11. The molecule has 0 spiro atoms. The SMILES string of the molecule is COC(=O)/C=C/c1ccc(N(C)C)c([N+](=O)[O-])c1. The van der Waals surface area contributed by atoms with Crippen molar-refractivity contribution < 1.29 is 14.5 Å². The zero-order valence-corrected chi connectivity index (χ0v) is 10.4. The van der Waals surface area contributed by atoms with Gasteiger partial charge in [0.1, 0.15) is 5.69 Å². The summed E-state index contributed by atoms with van der Waals surface area (Å²) in [5.41, 5.74) is 1.07. The standard InChI is InChI=1S/C12H14N2O4/c1-13(2)10-6-4-9(5-7-12(15)18-3)8-11(10)14(16)17/h4-8H,1-3H3/b7-5+. The summed E-state index contributed by atoms with van der Waals surface area (Å²) in [5, 5.41) is 10.9. The maximum absolute atomic E-state index is 10.9. The van der Waals surface area contributed by atoms with E-state index in [1.165, 1.54) is 25.3 Å². The predicted molar refractivity (Wildman–Crippen MR) is 68.5 cm³/mol. The summed E-state index contributed by atoms with van der Waals surface area (Å²) >= 11 is 0. The van der Waals surface area contributed by atoms with Crippen molar-refractivity contribution in [2.45, 2.75) is 0 Å². The maximum atomic E-state index is 10.9. The number of nitro groups is 1. The van der Waals surface area contributed by atoms with E-state index in [9.17, 15) is 14.9 Å². The molecule has 0 saturated heterocycles. The average Bonchev–Trinajstić information content (AvgIpc) is 2.35. The Morgan fingerprint density at radius 1 is 1.44 bits per heavy atom. The molecule has 0 aliphatic carbocycles. The smallest absolute Gasteiger partial charge is 0.330 e. The van der Waals surface area contributed by atoms with E-state index < -0.39 is 10.9 Å². The summed E-state index contributed by atoms with van der Waals surface area (Å²) in [7, 11) is 4.73. The van der Waals surface area contributed by atoms with Crippen molar-refractivity contribution in [3.05, 3.63) is 40.0 Å².